The van der Waals surface area contributed by atoms with Crippen molar-refractivity contribution in [3.63, 3.8) is 0 Å². The van der Waals surface area contributed by atoms with E-state index in [1.165, 1.54) is 6.07 Å². The fraction of sp³-hybridized carbons (Fsp3) is 0.278. The van der Waals surface area contributed by atoms with Crippen LogP contribution in [0.5, 0.6) is 11.5 Å². The van der Waals surface area contributed by atoms with E-state index in [1.807, 2.05) is 18.2 Å². The van der Waals surface area contributed by atoms with E-state index in [0.717, 1.165) is 11.3 Å². The van der Waals surface area contributed by atoms with Gasteiger partial charge in [-0.2, -0.15) is 0 Å². The highest BCUT2D eigenvalue weighted by atomic mass is 16.6. The maximum atomic E-state index is 12.2. The van der Waals surface area contributed by atoms with E-state index < -0.39 is 4.92 Å². The molecule has 1 amide bonds. The van der Waals surface area contributed by atoms with E-state index in [4.69, 9.17) is 9.47 Å². The summed E-state index contributed by atoms with van der Waals surface area (Å²) < 4.78 is 11.0. The van der Waals surface area contributed by atoms with Crippen LogP contribution in [0.2, 0.25) is 0 Å². The number of carbonyl (C=O) groups is 1. The van der Waals surface area contributed by atoms with Crippen molar-refractivity contribution in [2.24, 2.45) is 0 Å². The van der Waals surface area contributed by atoms with Crippen LogP contribution < -0.4 is 14.8 Å². The van der Waals surface area contributed by atoms with E-state index in [0.29, 0.717) is 37.5 Å². The Hall–Kier alpha value is -3.09. The second-order valence-corrected chi connectivity index (χ2v) is 5.74. The first kappa shape index (κ1) is 16.8. The molecule has 0 radical (unpaired) electrons. The van der Waals surface area contributed by atoms with E-state index in [1.54, 1.807) is 19.1 Å². The minimum atomic E-state index is -0.485. The smallest absolute Gasteiger partial charge is 0.273 e. The number of hydrogen-bond acceptors (Lipinski definition) is 5. The van der Waals surface area contributed by atoms with Crippen LogP contribution in [0, 0.1) is 17.0 Å². The average Bonchev–Trinajstić information content (AvgIpc) is 2.61. The lowest BCUT2D eigenvalue weighted by atomic mass is 10.1. The topological polar surface area (TPSA) is 90.7 Å². The number of nitro groups is 1. The Balaban J connectivity index is 1.59. The Morgan fingerprint density at radius 3 is 2.68 bits per heavy atom. The van der Waals surface area contributed by atoms with E-state index in [-0.39, 0.29) is 17.2 Å². The number of nitrogens with one attached hydrogen (secondary N) is 1. The number of ether oxygens (including phenoxy) is 2. The molecule has 1 aliphatic heterocycles. The minimum absolute atomic E-state index is 0.0560. The van der Waals surface area contributed by atoms with Crippen molar-refractivity contribution >= 4 is 11.6 Å². The van der Waals surface area contributed by atoms with Crippen molar-refractivity contribution < 1.29 is 19.2 Å². The molecule has 0 aromatic heterocycles. The van der Waals surface area contributed by atoms with Gasteiger partial charge in [0, 0.05) is 23.7 Å². The van der Waals surface area contributed by atoms with Gasteiger partial charge in [0.1, 0.15) is 13.2 Å². The van der Waals surface area contributed by atoms with Gasteiger partial charge in [-0.3, -0.25) is 14.9 Å². The lowest BCUT2D eigenvalue weighted by molar-refractivity contribution is -0.385. The van der Waals surface area contributed by atoms with Gasteiger partial charge in [0.05, 0.1) is 4.92 Å². The molecule has 1 aliphatic rings. The molecule has 2 aromatic carbocycles. The van der Waals surface area contributed by atoms with Crippen LogP contribution >= 0.6 is 0 Å². The van der Waals surface area contributed by atoms with Crippen LogP contribution in [0.15, 0.2) is 36.4 Å². The minimum Gasteiger partial charge on any atom is -0.486 e. The zero-order valence-corrected chi connectivity index (χ0v) is 13.8. The third-order valence-corrected chi connectivity index (χ3v) is 3.97. The Labute approximate surface area is 144 Å². The van der Waals surface area contributed by atoms with E-state index in [2.05, 4.69) is 5.32 Å². The van der Waals surface area contributed by atoms with Gasteiger partial charge in [0.2, 0.25) is 0 Å². The van der Waals surface area contributed by atoms with Crippen molar-refractivity contribution in [1.82, 2.24) is 5.32 Å². The Morgan fingerprint density at radius 1 is 1.16 bits per heavy atom. The maximum absolute atomic E-state index is 12.2. The summed E-state index contributed by atoms with van der Waals surface area (Å²) in [4.78, 5) is 22.7. The number of rotatable bonds is 5. The number of benzene rings is 2. The number of hydrogen-bond donors (Lipinski definition) is 1. The maximum Gasteiger partial charge on any atom is 0.273 e. The number of amides is 1. The average molecular weight is 342 g/mol. The van der Waals surface area contributed by atoms with Gasteiger partial charge in [-0.1, -0.05) is 12.1 Å². The normalized spacial score (nSPS) is 12.5. The molecule has 0 spiro atoms. The van der Waals surface area contributed by atoms with E-state index in [9.17, 15) is 14.9 Å². The van der Waals surface area contributed by atoms with Crippen LogP contribution in [0.4, 0.5) is 5.69 Å². The molecule has 1 heterocycles. The molecule has 0 unspecified atom stereocenters. The molecule has 0 atom stereocenters. The van der Waals surface area contributed by atoms with Crippen molar-refractivity contribution in [3.8, 4) is 11.5 Å². The molecule has 1 N–H and O–H groups in total. The van der Waals surface area contributed by atoms with Crippen LogP contribution in [0.25, 0.3) is 0 Å². The first-order valence-corrected chi connectivity index (χ1v) is 7.96. The van der Waals surface area contributed by atoms with Gasteiger partial charge in [-0.05, 0) is 37.1 Å². The second-order valence-electron chi connectivity index (χ2n) is 5.74. The molecule has 3 rings (SSSR count). The number of nitro benzene ring substituents is 1. The summed E-state index contributed by atoms with van der Waals surface area (Å²) in [6.07, 6.45) is 0.621. The zero-order chi connectivity index (χ0) is 17.8. The van der Waals surface area contributed by atoms with Gasteiger partial charge in [-0.25, -0.2) is 0 Å². The van der Waals surface area contributed by atoms with Crippen molar-refractivity contribution in [2.75, 3.05) is 19.8 Å². The Morgan fingerprint density at radius 2 is 1.92 bits per heavy atom. The van der Waals surface area contributed by atoms with E-state index >= 15 is 0 Å². The SMILES string of the molecule is Cc1ccc(C(=O)NCCc2ccc3c(c2)OCCO3)cc1[N+](=O)[O-]. The monoisotopic (exact) mass is 342 g/mol. The second kappa shape index (κ2) is 7.21. The molecule has 7 nitrogen and oxygen atoms in total. The number of nitrogens with zero attached hydrogens (tertiary/aromatic N) is 1. The molecule has 7 heteroatoms. The van der Waals surface area contributed by atoms with Gasteiger partial charge < -0.3 is 14.8 Å². The summed E-state index contributed by atoms with van der Waals surface area (Å²) in [6.45, 7) is 3.13. The van der Waals surface area contributed by atoms with Crippen LogP contribution in [0.3, 0.4) is 0 Å². The van der Waals surface area contributed by atoms with Crippen LogP contribution in [-0.4, -0.2) is 30.6 Å². The molecule has 0 aliphatic carbocycles. The lowest BCUT2D eigenvalue weighted by Crippen LogP contribution is -2.25. The first-order chi connectivity index (χ1) is 12.0. The molecular formula is C18H18N2O5. The number of fused-ring (bicyclic) bond motifs is 1. The lowest BCUT2D eigenvalue weighted by Gasteiger charge is -2.18. The predicted octanol–water partition coefficient (Wildman–Crippen LogP) is 2.65. The summed E-state index contributed by atoms with van der Waals surface area (Å²) >= 11 is 0. The highest BCUT2D eigenvalue weighted by Gasteiger charge is 2.15. The molecule has 0 saturated heterocycles. The fourth-order valence-corrected chi connectivity index (χ4v) is 2.61. The first-order valence-electron chi connectivity index (χ1n) is 7.96. The molecule has 0 bridgehead atoms. The standard InChI is InChI=1S/C18H18N2O5/c1-12-2-4-14(11-15(12)20(22)23)18(21)19-7-6-13-3-5-16-17(10-13)25-9-8-24-16/h2-5,10-11H,6-9H2,1H3,(H,19,21). The number of aryl methyl sites for hydroxylation is 1. The van der Waals surface area contributed by atoms with Crippen LogP contribution in [0.1, 0.15) is 21.5 Å². The Bertz CT molecular complexity index is 819. The molecule has 0 saturated carbocycles. The quantitative estimate of drug-likeness (QED) is 0.666. The summed E-state index contributed by atoms with van der Waals surface area (Å²) in [5, 5.41) is 13.7. The highest BCUT2D eigenvalue weighted by molar-refractivity contribution is 5.95. The summed E-state index contributed by atoms with van der Waals surface area (Å²) in [5.41, 5.74) is 1.76. The summed E-state index contributed by atoms with van der Waals surface area (Å²) in [5.74, 6) is 1.11. The third-order valence-electron chi connectivity index (χ3n) is 3.97. The van der Waals surface area contributed by atoms with Gasteiger partial charge >= 0.3 is 0 Å². The van der Waals surface area contributed by atoms with Crippen molar-refractivity contribution in [1.29, 1.82) is 0 Å². The fourth-order valence-electron chi connectivity index (χ4n) is 2.61. The molecular weight excluding hydrogens is 324 g/mol. The molecule has 0 fully saturated rings. The predicted molar refractivity (Wildman–Crippen MR) is 91.3 cm³/mol. The largest absolute Gasteiger partial charge is 0.486 e. The summed E-state index contributed by atoms with van der Waals surface area (Å²) in [6, 6.07) is 10.1. The zero-order valence-electron chi connectivity index (χ0n) is 13.8. The third kappa shape index (κ3) is 3.88. The number of carbonyl (C=O) groups excluding carboxylic acids is 1. The van der Waals surface area contributed by atoms with Crippen molar-refractivity contribution in [2.45, 2.75) is 13.3 Å². The highest BCUT2D eigenvalue weighted by Crippen LogP contribution is 2.30. The van der Waals surface area contributed by atoms with Gasteiger partial charge in [-0.15, -0.1) is 0 Å². The summed E-state index contributed by atoms with van der Waals surface area (Å²) in [7, 11) is 0. The molecule has 130 valence electrons. The molecule has 25 heavy (non-hydrogen) atoms. The van der Waals surface area contributed by atoms with Crippen LogP contribution in [-0.2, 0) is 6.42 Å². The van der Waals surface area contributed by atoms with Gasteiger partial charge in [0.15, 0.2) is 11.5 Å². The van der Waals surface area contributed by atoms with Crippen molar-refractivity contribution in [3.05, 3.63) is 63.2 Å². The Kier molecular flexibility index (Phi) is 4.83. The molecule has 2 aromatic rings. The van der Waals surface area contributed by atoms with Gasteiger partial charge in [0.25, 0.3) is 11.6 Å².